The highest BCUT2D eigenvalue weighted by molar-refractivity contribution is 5.91. The molecule has 0 aliphatic carbocycles. The molecule has 1 heterocycles. The summed E-state index contributed by atoms with van der Waals surface area (Å²) in [7, 11) is 1.44. The Morgan fingerprint density at radius 1 is 1.30 bits per heavy atom. The van der Waals surface area contributed by atoms with Crippen molar-refractivity contribution in [2.45, 2.75) is 0 Å². The van der Waals surface area contributed by atoms with E-state index in [0.717, 1.165) is 0 Å². The van der Waals surface area contributed by atoms with E-state index in [1.807, 2.05) is 0 Å². The molecule has 1 aromatic carbocycles. The van der Waals surface area contributed by atoms with Gasteiger partial charge in [0.2, 0.25) is 0 Å². The molecule has 0 aliphatic rings. The maximum absolute atomic E-state index is 12.0. The molecule has 0 radical (unpaired) electrons. The van der Waals surface area contributed by atoms with Gasteiger partial charge in [-0.05, 0) is 35.9 Å². The van der Waals surface area contributed by atoms with E-state index < -0.39 is 12.0 Å². The van der Waals surface area contributed by atoms with Gasteiger partial charge in [-0.1, -0.05) is 0 Å². The van der Waals surface area contributed by atoms with Gasteiger partial charge in [0.15, 0.2) is 11.5 Å². The second-order valence-corrected chi connectivity index (χ2v) is 4.28. The third kappa shape index (κ3) is 4.53. The third-order valence-electron chi connectivity index (χ3n) is 2.68. The molecule has 2 aromatic rings. The van der Waals surface area contributed by atoms with Gasteiger partial charge in [0.25, 0.3) is 0 Å². The molecule has 0 unspecified atom stereocenters. The standard InChI is InChI=1S/C15H14N4O4/c1-22-13-7-10(8-18-19-15(16)21)4-5-12(13)23-14(20)11-3-2-6-17-9-11/h2-9H,1H3,(H3,16,19,21). The van der Waals surface area contributed by atoms with Crippen molar-refractivity contribution in [1.29, 1.82) is 0 Å². The van der Waals surface area contributed by atoms with Gasteiger partial charge in [-0.2, -0.15) is 5.10 Å². The van der Waals surface area contributed by atoms with E-state index in [-0.39, 0.29) is 5.75 Å². The Bertz CT molecular complexity index is 732. The second-order valence-electron chi connectivity index (χ2n) is 4.28. The number of hydrazone groups is 1. The fourth-order valence-corrected chi connectivity index (χ4v) is 1.66. The molecule has 0 aliphatic heterocycles. The zero-order valence-electron chi connectivity index (χ0n) is 12.2. The number of hydrogen-bond donors (Lipinski definition) is 2. The molecule has 8 nitrogen and oxygen atoms in total. The number of methoxy groups -OCH3 is 1. The number of carbonyl (C=O) groups is 2. The van der Waals surface area contributed by atoms with Gasteiger partial charge in [0.05, 0.1) is 18.9 Å². The summed E-state index contributed by atoms with van der Waals surface area (Å²) >= 11 is 0. The molecule has 3 N–H and O–H groups in total. The van der Waals surface area contributed by atoms with Crippen molar-refractivity contribution in [2.24, 2.45) is 10.8 Å². The van der Waals surface area contributed by atoms with E-state index in [2.05, 4.69) is 15.5 Å². The summed E-state index contributed by atoms with van der Waals surface area (Å²) in [5.74, 6) is 0.0415. The number of nitrogens with zero attached hydrogens (tertiary/aromatic N) is 2. The van der Waals surface area contributed by atoms with Crippen molar-refractivity contribution < 1.29 is 19.1 Å². The maximum atomic E-state index is 12.0. The SMILES string of the molecule is COc1cc(C=NNC(N)=O)ccc1OC(=O)c1cccnc1. The summed E-state index contributed by atoms with van der Waals surface area (Å²) in [5, 5.41) is 3.63. The molecule has 0 fully saturated rings. The summed E-state index contributed by atoms with van der Waals surface area (Å²) in [6.07, 6.45) is 4.34. The van der Waals surface area contributed by atoms with Gasteiger partial charge in [-0.3, -0.25) is 4.98 Å². The zero-order valence-corrected chi connectivity index (χ0v) is 12.2. The number of pyridine rings is 1. The van der Waals surface area contributed by atoms with E-state index in [1.165, 1.54) is 19.5 Å². The molecule has 0 spiro atoms. The number of amides is 2. The number of carbonyl (C=O) groups excluding carboxylic acids is 2. The van der Waals surface area contributed by atoms with E-state index in [9.17, 15) is 9.59 Å². The summed E-state index contributed by atoms with van der Waals surface area (Å²) in [6.45, 7) is 0. The van der Waals surface area contributed by atoms with Crippen LogP contribution < -0.4 is 20.6 Å². The molecule has 0 bridgehead atoms. The van der Waals surface area contributed by atoms with Gasteiger partial charge < -0.3 is 15.2 Å². The Hall–Kier alpha value is -3.42. The second kappa shape index (κ2) is 7.55. The first-order valence-electron chi connectivity index (χ1n) is 6.49. The molecular weight excluding hydrogens is 300 g/mol. The lowest BCUT2D eigenvalue weighted by molar-refractivity contribution is 0.0729. The Morgan fingerprint density at radius 2 is 2.13 bits per heavy atom. The number of esters is 1. The van der Waals surface area contributed by atoms with Crippen molar-refractivity contribution in [1.82, 2.24) is 10.4 Å². The topological polar surface area (TPSA) is 116 Å². The summed E-state index contributed by atoms with van der Waals surface area (Å²) < 4.78 is 10.5. The van der Waals surface area contributed by atoms with E-state index >= 15 is 0 Å². The van der Waals surface area contributed by atoms with Gasteiger partial charge in [-0.25, -0.2) is 15.0 Å². The number of ether oxygens (including phenoxy) is 2. The highest BCUT2D eigenvalue weighted by atomic mass is 16.6. The number of nitrogens with two attached hydrogens (primary N) is 1. The van der Waals surface area contributed by atoms with Crippen LogP contribution in [0.1, 0.15) is 15.9 Å². The molecule has 2 rings (SSSR count). The molecule has 0 atom stereocenters. The lowest BCUT2D eigenvalue weighted by Gasteiger charge is -2.09. The van der Waals surface area contributed by atoms with Crippen LogP contribution in [0.2, 0.25) is 0 Å². The third-order valence-corrected chi connectivity index (χ3v) is 2.68. The number of urea groups is 1. The first-order valence-corrected chi connectivity index (χ1v) is 6.49. The van der Waals surface area contributed by atoms with Crippen molar-refractivity contribution in [3.8, 4) is 11.5 Å². The Kier molecular flexibility index (Phi) is 5.24. The average molecular weight is 314 g/mol. The van der Waals surface area contributed by atoms with Crippen LogP contribution in [0, 0.1) is 0 Å². The molecular formula is C15H14N4O4. The number of benzene rings is 1. The van der Waals surface area contributed by atoms with Crippen LogP contribution in [0.15, 0.2) is 47.8 Å². The van der Waals surface area contributed by atoms with Crippen molar-refractivity contribution >= 4 is 18.2 Å². The molecule has 118 valence electrons. The normalized spacial score (nSPS) is 10.3. The quantitative estimate of drug-likeness (QED) is 0.373. The first-order chi connectivity index (χ1) is 11.1. The van der Waals surface area contributed by atoms with Crippen LogP contribution in [0.4, 0.5) is 4.79 Å². The van der Waals surface area contributed by atoms with Gasteiger partial charge in [-0.15, -0.1) is 0 Å². The average Bonchev–Trinajstić information content (AvgIpc) is 2.56. The highest BCUT2D eigenvalue weighted by Gasteiger charge is 2.12. The summed E-state index contributed by atoms with van der Waals surface area (Å²) in [5.41, 5.74) is 7.92. The molecule has 1 aromatic heterocycles. The Balaban J connectivity index is 2.15. The smallest absolute Gasteiger partial charge is 0.345 e. The number of rotatable bonds is 5. The molecule has 0 saturated heterocycles. The minimum Gasteiger partial charge on any atom is -0.493 e. The molecule has 8 heteroatoms. The number of nitrogens with one attached hydrogen (secondary N) is 1. The fraction of sp³-hybridized carbons (Fsp3) is 0.0667. The maximum Gasteiger partial charge on any atom is 0.345 e. The number of primary amides is 1. The van der Waals surface area contributed by atoms with Crippen molar-refractivity contribution in [3.63, 3.8) is 0 Å². The van der Waals surface area contributed by atoms with Crippen molar-refractivity contribution in [2.75, 3.05) is 7.11 Å². The minimum absolute atomic E-state index is 0.251. The van der Waals surface area contributed by atoms with Crippen LogP contribution in [0.5, 0.6) is 11.5 Å². The minimum atomic E-state index is -0.768. The summed E-state index contributed by atoms with van der Waals surface area (Å²) in [6, 6.07) is 7.25. The van der Waals surface area contributed by atoms with E-state index in [1.54, 1.807) is 36.5 Å². The van der Waals surface area contributed by atoms with E-state index in [0.29, 0.717) is 16.9 Å². The predicted molar refractivity (Wildman–Crippen MR) is 82.5 cm³/mol. The van der Waals surface area contributed by atoms with Crippen LogP contribution in [-0.4, -0.2) is 30.3 Å². The fourth-order valence-electron chi connectivity index (χ4n) is 1.66. The molecule has 23 heavy (non-hydrogen) atoms. The summed E-state index contributed by atoms with van der Waals surface area (Å²) in [4.78, 5) is 26.4. The lowest BCUT2D eigenvalue weighted by atomic mass is 10.2. The van der Waals surface area contributed by atoms with Crippen LogP contribution >= 0.6 is 0 Å². The monoisotopic (exact) mass is 314 g/mol. The van der Waals surface area contributed by atoms with Crippen LogP contribution in [0.25, 0.3) is 0 Å². The van der Waals surface area contributed by atoms with Gasteiger partial charge in [0.1, 0.15) is 0 Å². The highest BCUT2D eigenvalue weighted by Crippen LogP contribution is 2.28. The number of aromatic nitrogens is 1. The van der Waals surface area contributed by atoms with Crippen molar-refractivity contribution in [3.05, 3.63) is 53.9 Å². The molecule has 2 amide bonds. The Labute approximate surface area is 131 Å². The Morgan fingerprint density at radius 3 is 2.78 bits per heavy atom. The van der Waals surface area contributed by atoms with Crippen LogP contribution in [-0.2, 0) is 0 Å². The van der Waals surface area contributed by atoms with E-state index in [4.69, 9.17) is 15.2 Å². The number of hydrogen-bond acceptors (Lipinski definition) is 6. The van der Waals surface area contributed by atoms with Crippen LogP contribution in [0.3, 0.4) is 0 Å². The van der Waals surface area contributed by atoms with Gasteiger partial charge in [0, 0.05) is 12.4 Å². The zero-order chi connectivity index (χ0) is 16.7. The first kappa shape index (κ1) is 16.0. The molecule has 0 saturated carbocycles. The van der Waals surface area contributed by atoms with Gasteiger partial charge >= 0.3 is 12.0 Å². The largest absolute Gasteiger partial charge is 0.493 e. The predicted octanol–water partition coefficient (Wildman–Crippen LogP) is 1.31. The lowest BCUT2D eigenvalue weighted by Crippen LogP contribution is -2.24.